The summed E-state index contributed by atoms with van der Waals surface area (Å²) >= 11 is 0. The van der Waals surface area contributed by atoms with Crippen molar-refractivity contribution in [3.63, 3.8) is 0 Å². The Morgan fingerprint density at radius 1 is 1.25 bits per heavy atom. The number of nitrogens with one attached hydrogen (secondary N) is 3. The Morgan fingerprint density at radius 3 is 2.69 bits per heavy atom. The van der Waals surface area contributed by atoms with E-state index in [1.165, 1.54) is 6.07 Å². The SMILES string of the molecule is CC1CCN(c2nc([C@H](C)NC(=O)c3ccc4c(c3)NC(=O)C(C)(C)O4)cc(=O)[nH]2)CC1. The molecule has 4 rings (SSSR count). The molecule has 0 unspecified atom stereocenters. The third-order valence-corrected chi connectivity index (χ3v) is 6.03. The largest absolute Gasteiger partial charge is 0.476 e. The lowest BCUT2D eigenvalue weighted by molar-refractivity contribution is -0.129. The van der Waals surface area contributed by atoms with E-state index in [0.717, 1.165) is 25.9 Å². The molecule has 3 N–H and O–H groups in total. The molecule has 1 atom stereocenters. The number of H-pyrrole nitrogens is 1. The number of amides is 2. The number of ether oxygens (including phenoxy) is 1. The molecular weight excluding hydrogens is 410 g/mol. The molecule has 2 aromatic rings. The lowest BCUT2D eigenvalue weighted by atomic mass is 10.00. The van der Waals surface area contributed by atoms with E-state index >= 15 is 0 Å². The molecule has 2 amide bonds. The average molecular weight is 440 g/mol. The molecule has 170 valence electrons. The van der Waals surface area contributed by atoms with Gasteiger partial charge in [0.05, 0.1) is 17.4 Å². The van der Waals surface area contributed by atoms with E-state index in [4.69, 9.17) is 4.74 Å². The van der Waals surface area contributed by atoms with Crippen molar-refractivity contribution in [1.82, 2.24) is 15.3 Å². The summed E-state index contributed by atoms with van der Waals surface area (Å²) < 4.78 is 5.71. The Bertz CT molecular complexity index is 1100. The van der Waals surface area contributed by atoms with Crippen molar-refractivity contribution in [3.8, 4) is 5.75 Å². The van der Waals surface area contributed by atoms with Crippen LogP contribution in [0.5, 0.6) is 5.75 Å². The zero-order valence-electron chi connectivity index (χ0n) is 18.8. The number of carbonyl (C=O) groups excluding carboxylic acids is 2. The number of nitrogens with zero attached hydrogens (tertiary/aromatic N) is 2. The summed E-state index contributed by atoms with van der Waals surface area (Å²) in [5.74, 6) is 1.10. The van der Waals surface area contributed by atoms with E-state index in [0.29, 0.717) is 34.6 Å². The molecule has 32 heavy (non-hydrogen) atoms. The van der Waals surface area contributed by atoms with Gasteiger partial charge in [-0.15, -0.1) is 0 Å². The number of piperidine rings is 1. The average Bonchev–Trinajstić information content (AvgIpc) is 2.74. The Morgan fingerprint density at radius 2 is 1.97 bits per heavy atom. The van der Waals surface area contributed by atoms with Gasteiger partial charge < -0.3 is 20.3 Å². The predicted octanol–water partition coefficient (Wildman–Crippen LogP) is 2.61. The van der Waals surface area contributed by atoms with Gasteiger partial charge in [0.25, 0.3) is 17.4 Å². The van der Waals surface area contributed by atoms with Crippen LogP contribution in [0.1, 0.15) is 62.6 Å². The van der Waals surface area contributed by atoms with E-state index in [1.54, 1.807) is 39.0 Å². The van der Waals surface area contributed by atoms with E-state index in [9.17, 15) is 14.4 Å². The smallest absolute Gasteiger partial charge is 0.268 e. The van der Waals surface area contributed by atoms with Gasteiger partial charge >= 0.3 is 0 Å². The molecule has 0 saturated carbocycles. The summed E-state index contributed by atoms with van der Waals surface area (Å²) in [6.45, 7) is 9.05. The Kier molecular flexibility index (Phi) is 5.66. The zero-order valence-corrected chi connectivity index (χ0v) is 18.8. The number of hydrogen-bond donors (Lipinski definition) is 3. The first-order chi connectivity index (χ1) is 15.1. The Labute approximate surface area is 186 Å². The number of rotatable bonds is 4. The number of fused-ring (bicyclic) bond motifs is 1. The quantitative estimate of drug-likeness (QED) is 0.674. The molecule has 1 aromatic carbocycles. The molecule has 0 bridgehead atoms. The van der Waals surface area contributed by atoms with Crippen molar-refractivity contribution in [2.45, 2.75) is 52.2 Å². The van der Waals surface area contributed by atoms with E-state index < -0.39 is 11.6 Å². The normalized spacial score (nSPS) is 18.9. The van der Waals surface area contributed by atoms with Crippen LogP contribution in [-0.2, 0) is 4.79 Å². The van der Waals surface area contributed by atoms with Crippen LogP contribution < -0.4 is 25.8 Å². The van der Waals surface area contributed by atoms with Crippen LogP contribution in [0.3, 0.4) is 0 Å². The Hall–Kier alpha value is -3.36. The van der Waals surface area contributed by atoms with Gasteiger partial charge in [-0.05, 0) is 57.7 Å². The monoisotopic (exact) mass is 439 g/mol. The standard InChI is InChI=1S/C23H29N5O4/c1-13-7-9-28(10-8-13)22-26-16(12-19(29)27-22)14(2)24-20(30)15-5-6-18-17(11-15)25-21(31)23(3,4)32-18/h5-6,11-14H,7-10H2,1-4H3,(H,24,30)(H,25,31)(H,26,27,29)/t14-/m0/s1. The van der Waals surface area contributed by atoms with E-state index in [-0.39, 0.29) is 17.4 Å². The minimum absolute atomic E-state index is 0.249. The summed E-state index contributed by atoms with van der Waals surface area (Å²) in [7, 11) is 0. The van der Waals surface area contributed by atoms with Crippen LogP contribution in [0.4, 0.5) is 11.6 Å². The van der Waals surface area contributed by atoms with Crippen LogP contribution >= 0.6 is 0 Å². The molecule has 1 aromatic heterocycles. The molecule has 2 aliphatic heterocycles. The number of hydrogen-bond acceptors (Lipinski definition) is 6. The summed E-state index contributed by atoms with van der Waals surface area (Å²) in [4.78, 5) is 46.7. The molecule has 0 radical (unpaired) electrons. The summed E-state index contributed by atoms with van der Waals surface area (Å²) in [5, 5.41) is 5.66. The first kappa shape index (κ1) is 21.9. The highest BCUT2D eigenvalue weighted by atomic mass is 16.5. The highest BCUT2D eigenvalue weighted by molar-refractivity contribution is 6.02. The van der Waals surface area contributed by atoms with Gasteiger partial charge in [0.2, 0.25) is 5.95 Å². The predicted molar refractivity (Wildman–Crippen MR) is 121 cm³/mol. The van der Waals surface area contributed by atoms with E-state index in [2.05, 4.69) is 32.4 Å². The zero-order chi connectivity index (χ0) is 23.0. The maximum Gasteiger partial charge on any atom is 0.268 e. The molecule has 3 heterocycles. The highest BCUT2D eigenvalue weighted by Gasteiger charge is 2.35. The van der Waals surface area contributed by atoms with Crippen molar-refractivity contribution >= 4 is 23.5 Å². The molecule has 9 heteroatoms. The molecule has 0 spiro atoms. The number of aromatic nitrogens is 2. The van der Waals surface area contributed by atoms with Gasteiger partial charge in [0.1, 0.15) is 5.75 Å². The van der Waals surface area contributed by atoms with Crippen LogP contribution in [0, 0.1) is 5.92 Å². The third-order valence-electron chi connectivity index (χ3n) is 6.03. The molecule has 1 fully saturated rings. The van der Waals surface area contributed by atoms with Gasteiger partial charge in [0.15, 0.2) is 5.60 Å². The summed E-state index contributed by atoms with van der Waals surface area (Å²) in [6.07, 6.45) is 2.10. The van der Waals surface area contributed by atoms with Crippen LogP contribution in [0.2, 0.25) is 0 Å². The lowest BCUT2D eigenvalue weighted by Gasteiger charge is -2.31. The molecule has 2 aliphatic rings. The first-order valence-electron chi connectivity index (χ1n) is 10.9. The summed E-state index contributed by atoms with van der Waals surface area (Å²) in [6, 6.07) is 5.81. The fourth-order valence-electron chi connectivity index (χ4n) is 3.86. The fourth-order valence-corrected chi connectivity index (χ4v) is 3.86. The van der Waals surface area contributed by atoms with Crippen LogP contribution in [-0.4, -0.2) is 40.5 Å². The van der Waals surface area contributed by atoms with Gasteiger partial charge in [-0.2, -0.15) is 0 Å². The second-order valence-corrected chi connectivity index (χ2v) is 9.14. The summed E-state index contributed by atoms with van der Waals surface area (Å²) in [5.41, 5.74) is 0.0920. The van der Waals surface area contributed by atoms with Crippen molar-refractivity contribution in [3.05, 3.63) is 45.9 Å². The van der Waals surface area contributed by atoms with Gasteiger partial charge in [0, 0.05) is 24.7 Å². The molecular formula is C23H29N5O4. The topological polar surface area (TPSA) is 116 Å². The highest BCUT2D eigenvalue weighted by Crippen LogP contribution is 2.34. The molecule has 0 aliphatic carbocycles. The Balaban J connectivity index is 1.49. The third kappa shape index (κ3) is 4.46. The number of carbonyl (C=O) groups is 2. The van der Waals surface area contributed by atoms with Crippen molar-refractivity contribution in [2.24, 2.45) is 5.92 Å². The maximum atomic E-state index is 12.8. The van der Waals surface area contributed by atoms with E-state index in [1.807, 2.05) is 0 Å². The second-order valence-electron chi connectivity index (χ2n) is 9.14. The second kappa shape index (κ2) is 8.29. The van der Waals surface area contributed by atoms with Crippen LogP contribution in [0.15, 0.2) is 29.1 Å². The van der Waals surface area contributed by atoms with Crippen molar-refractivity contribution < 1.29 is 14.3 Å². The minimum Gasteiger partial charge on any atom is -0.476 e. The molecule has 1 saturated heterocycles. The minimum atomic E-state index is -0.971. The van der Waals surface area contributed by atoms with Crippen molar-refractivity contribution in [2.75, 3.05) is 23.3 Å². The van der Waals surface area contributed by atoms with Gasteiger partial charge in [-0.1, -0.05) is 6.92 Å². The maximum absolute atomic E-state index is 12.8. The van der Waals surface area contributed by atoms with Gasteiger partial charge in [-0.25, -0.2) is 4.98 Å². The number of benzene rings is 1. The molecule has 9 nitrogen and oxygen atoms in total. The number of anilines is 2. The first-order valence-corrected chi connectivity index (χ1v) is 10.9. The van der Waals surface area contributed by atoms with Gasteiger partial charge in [-0.3, -0.25) is 19.4 Å². The lowest BCUT2D eigenvalue weighted by Crippen LogP contribution is -2.45. The number of aromatic amines is 1. The van der Waals surface area contributed by atoms with Crippen molar-refractivity contribution in [1.29, 1.82) is 0 Å². The van der Waals surface area contributed by atoms with Crippen LogP contribution in [0.25, 0.3) is 0 Å². The fraction of sp³-hybridized carbons (Fsp3) is 0.478.